The van der Waals surface area contributed by atoms with E-state index in [0.717, 1.165) is 19.1 Å². The van der Waals surface area contributed by atoms with Gasteiger partial charge in [-0.2, -0.15) is 0 Å². The molecular formula is C14H14BFN6O5S. The maximum atomic E-state index is 14.0. The Balaban J connectivity index is 2.21. The Bertz CT molecular complexity index is 1020. The van der Waals surface area contributed by atoms with Crippen molar-refractivity contribution in [1.82, 2.24) is 25.7 Å². The van der Waals surface area contributed by atoms with Gasteiger partial charge in [-0.3, -0.25) is 14.9 Å². The molecule has 0 fully saturated rings. The van der Waals surface area contributed by atoms with E-state index in [4.69, 9.17) is 7.85 Å². The van der Waals surface area contributed by atoms with Gasteiger partial charge in [-0.1, -0.05) is 0 Å². The van der Waals surface area contributed by atoms with Crippen LogP contribution in [0.2, 0.25) is 0 Å². The van der Waals surface area contributed by atoms with Crippen LogP contribution in [0, 0.1) is 5.82 Å². The normalized spacial score (nSPS) is 13.4. The van der Waals surface area contributed by atoms with Gasteiger partial charge in [-0.25, -0.2) is 12.8 Å². The third-order valence-corrected chi connectivity index (χ3v) is 5.37. The lowest BCUT2D eigenvalue weighted by molar-refractivity contribution is -0.130. The highest BCUT2D eigenvalue weighted by Gasteiger charge is 2.37. The Morgan fingerprint density at radius 1 is 1.25 bits per heavy atom. The SMILES string of the molecule is [B]c1nnc(NC(=O)[C@@](C)(O)CS(=O)(=O)c2ccc(C(=O)NC)c(F)c2)nn1. The smallest absolute Gasteiger partial charge is 0.268 e. The molecule has 0 unspecified atom stereocenters. The molecule has 1 aromatic heterocycles. The molecule has 2 rings (SSSR count). The maximum Gasteiger partial charge on any atom is 0.268 e. The number of sulfone groups is 1. The maximum absolute atomic E-state index is 14.0. The zero-order chi connectivity index (χ0) is 21.1. The molecule has 28 heavy (non-hydrogen) atoms. The zero-order valence-electron chi connectivity index (χ0n) is 14.7. The predicted molar refractivity (Wildman–Crippen MR) is 94.1 cm³/mol. The van der Waals surface area contributed by atoms with Gasteiger partial charge >= 0.3 is 0 Å². The molecule has 3 N–H and O–H groups in total. The number of hydrogen-bond donors (Lipinski definition) is 3. The summed E-state index contributed by atoms with van der Waals surface area (Å²) >= 11 is 0. The first-order valence-corrected chi connectivity index (χ1v) is 9.22. The van der Waals surface area contributed by atoms with Crippen molar-refractivity contribution in [3.05, 3.63) is 29.6 Å². The fourth-order valence-electron chi connectivity index (χ4n) is 2.05. The molecule has 0 saturated carbocycles. The van der Waals surface area contributed by atoms with Crippen LogP contribution in [0.3, 0.4) is 0 Å². The molecule has 146 valence electrons. The van der Waals surface area contributed by atoms with E-state index >= 15 is 0 Å². The van der Waals surface area contributed by atoms with E-state index in [2.05, 4.69) is 25.7 Å². The second kappa shape index (κ2) is 7.94. The summed E-state index contributed by atoms with van der Waals surface area (Å²) in [4.78, 5) is 23.1. The van der Waals surface area contributed by atoms with Crippen molar-refractivity contribution in [2.75, 3.05) is 18.1 Å². The summed E-state index contributed by atoms with van der Waals surface area (Å²) in [6, 6.07) is 2.61. The second-order valence-corrected chi connectivity index (χ2v) is 7.78. The molecular weight excluding hydrogens is 394 g/mol. The minimum atomic E-state index is -4.31. The van der Waals surface area contributed by atoms with Crippen molar-refractivity contribution in [3.8, 4) is 0 Å². The Morgan fingerprint density at radius 2 is 1.86 bits per heavy atom. The van der Waals surface area contributed by atoms with Crippen LogP contribution in [-0.4, -0.2) is 72.0 Å². The highest BCUT2D eigenvalue weighted by atomic mass is 32.2. The van der Waals surface area contributed by atoms with Gasteiger partial charge < -0.3 is 10.4 Å². The van der Waals surface area contributed by atoms with Crippen molar-refractivity contribution in [1.29, 1.82) is 0 Å². The van der Waals surface area contributed by atoms with E-state index in [1.807, 2.05) is 5.32 Å². The molecule has 0 aliphatic rings. The standard InChI is InChI=1S/C14H14BFN6O5S/c1-14(25,11(24)18-13-21-19-12(15)20-22-13)6-28(26,27)7-3-4-8(9(16)5-7)10(23)17-2/h3-5,25H,6H2,1-2H3,(H,17,23)(H,18,21,22,24)/t14-/m0/s1. The number of nitrogens with zero attached hydrogens (tertiary/aromatic N) is 4. The van der Waals surface area contributed by atoms with E-state index in [1.54, 1.807) is 0 Å². The number of anilines is 1. The van der Waals surface area contributed by atoms with Crippen LogP contribution in [0.15, 0.2) is 23.1 Å². The molecule has 0 saturated heterocycles. The highest BCUT2D eigenvalue weighted by Crippen LogP contribution is 2.20. The van der Waals surface area contributed by atoms with Crippen molar-refractivity contribution in [2.45, 2.75) is 17.4 Å². The minimum absolute atomic E-state index is 0.255. The first-order valence-electron chi connectivity index (χ1n) is 7.57. The van der Waals surface area contributed by atoms with Crippen LogP contribution in [0.25, 0.3) is 0 Å². The Morgan fingerprint density at radius 3 is 2.39 bits per heavy atom. The van der Waals surface area contributed by atoms with Crippen LogP contribution in [0.4, 0.5) is 10.3 Å². The second-order valence-electron chi connectivity index (χ2n) is 5.79. The number of amides is 2. The van der Waals surface area contributed by atoms with Gasteiger partial charge in [0.15, 0.2) is 23.3 Å². The number of aliphatic hydroxyl groups is 1. The van der Waals surface area contributed by atoms with Crippen LogP contribution in [0.5, 0.6) is 0 Å². The van der Waals surface area contributed by atoms with Crippen molar-refractivity contribution < 1.29 is 27.5 Å². The fraction of sp³-hybridized carbons (Fsp3) is 0.286. The third kappa shape index (κ3) is 4.83. The van der Waals surface area contributed by atoms with Crippen LogP contribution in [-0.2, 0) is 14.6 Å². The molecule has 1 aromatic carbocycles. The number of benzene rings is 1. The summed E-state index contributed by atoms with van der Waals surface area (Å²) < 4.78 is 39.0. The molecule has 1 heterocycles. The number of carbonyl (C=O) groups excluding carboxylic acids is 2. The first kappa shape index (κ1) is 21.3. The van der Waals surface area contributed by atoms with Crippen LogP contribution < -0.4 is 16.4 Å². The minimum Gasteiger partial charge on any atom is -0.379 e. The van der Waals surface area contributed by atoms with Gasteiger partial charge in [-0.15, -0.1) is 20.4 Å². The molecule has 0 aliphatic carbocycles. The summed E-state index contributed by atoms with van der Waals surface area (Å²) in [6.45, 7) is 0.938. The number of aromatic nitrogens is 4. The van der Waals surface area contributed by atoms with Crippen molar-refractivity contribution in [2.24, 2.45) is 0 Å². The van der Waals surface area contributed by atoms with E-state index in [0.29, 0.717) is 6.07 Å². The highest BCUT2D eigenvalue weighted by molar-refractivity contribution is 7.91. The molecule has 2 aromatic rings. The largest absolute Gasteiger partial charge is 0.379 e. The zero-order valence-corrected chi connectivity index (χ0v) is 15.5. The molecule has 0 spiro atoms. The average Bonchev–Trinajstić information content (AvgIpc) is 2.62. The van der Waals surface area contributed by atoms with E-state index in [-0.39, 0.29) is 11.3 Å². The van der Waals surface area contributed by atoms with E-state index < -0.39 is 49.7 Å². The Hall–Kier alpha value is -3.00. The lowest BCUT2D eigenvalue weighted by atomic mass is 10.1. The quantitative estimate of drug-likeness (QED) is 0.447. The summed E-state index contributed by atoms with van der Waals surface area (Å²) in [7, 11) is 2.18. The number of hydrogen-bond acceptors (Lipinski definition) is 9. The van der Waals surface area contributed by atoms with Gasteiger partial charge in [0.2, 0.25) is 0 Å². The van der Waals surface area contributed by atoms with Gasteiger partial charge in [-0.05, 0) is 25.1 Å². The lowest BCUT2D eigenvalue weighted by Crippen LogP contribution is -2.46. The number of carbonyl (C=O) groups is 2. The number of rotatable bonds is 6. The lowest BCUT2D eigenvalue weighted by Gasteiger charge is -2.21. The van der Waals surface area contributed by atoms with Gasteiger partial charge in [0.1, 0.15) is 11.5 Å². The summed E-state index contributed by atoms with van der Waals surface area (Å²) in [5.74, 6) is -4.46. The van der Waals surface area contributed by atoms with E-state index in [1.165, 1.54) is 7.05 Å². The summed E-state index contributed by atoms with van der Waals surface area (Å²) in [6.07, 6.45) is 0. The number of nitrogens with one attached hydrogen (secondary N) is 2. The summed E-state index contributed by atoms with van der Waals surface area (Å²) in [5, 5.41) is 28.0. The molecule has 2 radical (unpaired) electrons. The van der Waals surface area contributed by atoms with Crippen LogP contribution in [0.1, 0.15) is 17.3 Å². The molecule has 2 amide bonds. The molecule has 1 atom stereocenters. The van der Waals surface area contributed by atoms with Crippen molar-refractivity contribution >= 4 is 41.2 Å². The Kier molecular flexibility index (Phi) is 6.04. The first-order chi connectivity index (χ1) is 13.0. The fourth-order valence-corrected chi connectivity index (χ4v) is 3.65. The summed E-state index contributed by atoms with van der Waals surface area (Å²) in [5.41, 5.74) is -3.04. The molecule has 0 aliphatic heterocycles. The van der Waals surface area contributed by atoms with Crippen molar-refractivity contribution in [3.63, 3.8) is 0 Å². The predicted octanol–water partition coefficient (Wildman–Crippen LogP) is -2.28. The Labute approximate surface area is 160 Å². The van der Waals surface area contributed by atoms with Gasteiger partial charge in [0, 0.05) is 7.05 Å². The van der Waals surface area contributed by atoms with E-state index in [9.17, 15) is 27.5 Å². The van der Waals surface area contributed by atoms with Gasteiger partial charge in [0.25, 0.3) is 17.8 Å². The molecule has 11 nitrogen and oxygen atoms in total. The van der Waals surface area contributed by atoms with Crippen LogP contribution >= 0.6 is 0 Å². The molecule has 14 heteroatoms. The monoisotopic (exact) mass is 408 g/mol. The molecule has 0 bridgehead atoms. The number of halogens is 1. The topological polar surface area (TPSA) is 164 Å². The van der Waals surface area contributed by atoms with Gasteiger partial charge in [0.05, 0.1) is 16.2 Å². The third-order valence-electron chi connectivity index (χ3n) is 3.45. The average molecular weight is 408 g/mol.